The van der Waals surface area contributed by atoms with Crippen LogP contribution in [-0.2, 0) is 0 Å². The summed E-state index contributed by atoms with van der Waals surface area (Å²) in [7, 11) is 0. The molecule has 0 aliphatic rings. The van der Waals surface area contributed by atoms with Crippen LogP contribution in [0.4, 0.5) is 0 Å². The second-order valence-electron chi connectivity index (χ2n) is 6.23. The van der Waals surface area contributed by atoms with Crippen molar-refractivity contribution in [2.45, 2.75) is 26.8 Å². The molecule has 0 saturated heterocycles. The number of nitrogens with one attached hydrogen (secondary N) is 1. The highest BCUT2D eigenvalue weighted by Crippen LogP contribution is 2.27. The number of carbonyl (C=O) groups is 1. The van der Waals surface area contributed by atoms with Gasteiger partial charge in [-0.1, -0.05) is 28.9 Å². The van der Waals surface area contributed by atoms with Gasteiger partial charge < -0.3 is 14.9 Å². The number of nitrogens with zero attached hydrogens (tertiary/aromatic N) is 3. The Morgan fingerprint density at radius 1 is 1.26 bits per heavy atom. The fraction of sp³-hybridized carbons (Fsp3) is 0.263. The van der Waals surface area contributed by atoms with E-state index in [2.05, 4.69) is 20.4 Å². The fourth-order valence-corrected chi connectivity index (χ4v) is 2.72. The molecule has 1 atom stereocenters. The molecule has 140 valence electrons. The van der Waals surface area contributed by atoms with E-state index in [1.165, 1.54) is 0 Å². The summed E-state index contributed by atoms with van der Waals surface area (Å²) in [4.78, 5) is 21.6. The molecule has 1 amide bonds. The van der Waals surface area contributed by atoms with Crippen molar-refractivity contribution in [3.8, 4) is 22.6 Å². The number of aromatic nitrogens is 3. The standard InChI is InChI=1S/C19H19ClN4O3/c1-10(9-25)21-19(26)16-8-15(13-4-6-14(20)7-5-13)22-18(23-16)17-11(2)24-27-12(17)3/h4-8,10,25H,9H2,1-3H3,(H,21,26)/t10-/m0/s1. The van der Waals surface area contributed by atoms with Gasteiger partial charge in [0, 0.05) is 16.6 Å². The lowest BCUT2D eigenvalue weighted by Gasteiger charge is -2.12. The number of aliphatic hydroxyl groups excluding tert-OH is 1. The minimum atomic E-state index is -0.401. The SMILES string of the molecule is Cc1noc(C)c1-c1nc(C(=O)N[C@@H](C)CO)cc(-c2ccc(Cl)cc2)n1. The first-order chi connectivity index (χ1) is 12.9. The van der Waals surface area contributed by atoms with Crippen LogP contribution in [0.15, 0.2) is 34.9 Å². The van der Waals surface area contributed by atoms with Gasteiger partial charge in [0.05, 0.1) is 23.6 Å². The van der Waals surface area contributed by atoms with Gasteiger partial charge in [-0.05, 0) is 39.0 Å². The van der Waals surface area contributed by atoms with E-state index in [9.17, 15) is 9.90 Å². The van der Waals surface area contributed by atoms with Gasteiger partial charge in [-0.2, -0.15) is 0 Å². The van der Waals surface area contributed by atoms with Crippen LogP contribution in [0.3, 0.4) is 0 Å². The van der Waals surface area contributed by atoms with Crippen molar-refractivity contribution in [3.63, 3.8) is 0 Å². The van der Waals surface area contributed by atoms with Crippen LogP contribution in [0.5, 0.6) is 0 Å². The first-order valence-corrected chi connectivity index (χ1v) is 8.77. The Morgan fingerprint density at radius 3 is 2.56 bits per heavy atom. The van der Waals surface area contributed by atoms with Gasteiger partial charge in [0.15, 0.2) is 5.82 Å². The van der Waals surface area contributed by atoms with E-state index in [0.29, 0.717) is 33.6 Å². The number of aliphatic hydroxyl groups is 1. The van der Waals surface area contributed by atoms with Gasteiger partial charge in [-0.25, -0.2) is 9.97 Å². The quantitative estimate of drug-likeness (QED) is 0.698. The van der Waals surface area contributed by atoms with Crippen LogP contribution >= 0.6 is 11.6 Å². The van der Waals surface area contributed by atoms with Crippen molar-refractivity contribution < 1.29 is 14.4 Å². The van der Waals surface area contributed by atoms with E-state index in [1.807, 2.05) is 12.1 Å². The second-order valence-corrected chi connectivity index (χ2v) is 6.66. The molecule has 2 aromatic heterocycles. The number of benzene rings is 1. The van der Waals surface area contributed by atoms with Crippen molar-refractivity contribution >= 4 is 17.5 Å². The number of hydrogen-bond acceptors (Lipinski definition) is 6. The molecule has 0 spiro atoms. The Morgan fingerprint density at radius 2 is 1.96 bits per heavy atom. The third kappa shape index (κ3) is 4.15. The van der Waals surface area contributed by atoms with Crippen molar-refractivity contribution in [2.24, 2.45) is 0 Å². The third-order valence-electron chi connectivity index (χ3n) is 4.01. The monoisotopic (exact) mass is 386 g/mol. The molecule has 8 heteroatoms. The molecule has 7 nitrogen and oxygen atoms in total. The van der Waals surface area contributed by atoms with Crippen molar-refractivity contribution in [1.82, 2.24) is 20.4 Å². The summed E-state index contributed by atoms with van der Waals surface area (Å²) in [5.41, 5.74) is 2.83. The molecule has 0 aliphatic carbocycles. The molecule has 2 N–H and O–H groups in total. The molecule has 0 bridgehead atoms. The first kappa shape index (κ1) is 19.0. The van der Waals surface area contributed by atoms with Crippen molar-refractivity contribution in [2.75, 3.05) is 6.61 Å². The van der Waals surface area contributed by atoms with Gasteiger partial charge >= 0.3 is 0 Å². The summed E-state index contributed by atoms with van der Waals surface area (Å²) in [6, 6.07) is 8.35. The highest BCUT2D eigenvalue weighted by atomic mass is 35.5. The van der Waals surface area contributed by atoms with Gasteiger partial charge in [-0.3, -0.25) is 4.79 Å². The van der Waals surface area contributed by atoms with Gasteiger partial charge in [0.2, 0.25) is 0 Å². The van der Waals surface area contributed by atoms with Gasteiger partial charge in [0.25, 0.3) is 5.91 Å². The molecular weight excluding hydrogens is 368 g/mol. The fourth-order valence-electron chi connectivity index (χ4n) is 2.59. The zero-order valence-corrected chi connectivity index (χ0v) is 15.9. The normalized spacial score (nSPS) is 12.0. The average Bonchev–Trinajstić information content (AvgIpc) is 3.00. The summed E-state index contributed by atoms with van der Waals surface area (Å²) in [6.07, 6.45) is 0. The maximum Gasteiger partial charge on any atom is 0.270 e. The molecule has 27 heavy (non-hydrogen) atoms. The maximum atomic E-state index is 12.6. The van der Waals surface area contributed by atoms with Gasteiger partial charge in [0.1, 0.15) is 11.5 Å². The molecule has 3 aromatic rings. The van der Waals surface area contributed by atoms with Crippen LogP contribution in [-0.4, -0.2) is 38.8 Å². The number of carbonyl (C=O) groups excluding carboxylic acids is 1. The average molecular weight is 387 g/mol. The zero-order valence-electron chi connectivity index (χ0n) is 15.2. The summed E-state index contributed by atoms with van der Waals surface area (Å²) >= 11 is 5.97. The summed E-state index contributed by atoms with van der Waals surface area (Å²) in [5.74, 6) is 0.513. The first-order valence-electron chi connectivity index (χ1n) is 8.39. The summed E-state index contributed by atoms with van der Waals surface area (Å²) < 4.78 is 5.21. The van der Waals surface area contributed by atoms with Crippen LogP contribution in [0.2, 0.25) is 5.02 Å². The predicted molar refractivity (Wildman–Crippen MR) is 101 cm³/mol. The number of halogens is 1. The number of rotatable bonds is 5. The van der Waals surface area contributed by atoms with E-state index in [4.69, 9.17) is 16.1 Å². The van der Waals surface area contributed by atoms with Crippen molar-refractivity contribution in [1.29, 1.82) is 0 Å². The molecule has 0 radical (unpaired) electrons. The van der Waals surface area contributed by atoms with E-state index in [-0.39, 0.29) is 12.3 Å². The second kappa shape index (κ2) is 7.85. The minimum absolute atomic E-state index is 0.169. The van der Waals surface area contributed by atoms with E-state index in [1.54, 1.807) is 39.0 Å². The van der Waals surface area contributed by atoms with Gasteiger partial charge in [-0.15, -0.1) is 0 Å². The van der Waals surface area contributed by atoms with Crippen LogP contribution in [0.25, 0.3) is 22.6 Å². The highest BCUT2D eigenvalue weighted by molar-refractivity contribution is 6.30. The molecule has 0 fully saturated rings. The Kier molecular flexibility index (Phi) is 5.53. The molecule has 0 saturated carbocycles. The van der Waals surface area contributed by atoms with E-state index < -0.39 is 11.9 Å². The smallest absolute Gasteiger partial charge is 0.270 e. The lowest BCUT2D eigenvalue weighted by molar-refractivity contribution is 0.0917. The number of amides is 1. The third-order valence-corrected chi connectivity index (χ3v) is 4.26. The Hall–Kier alpha value is -2.77. The van der Waals surface area contributed by atoms with E-state index >= 15 is 0 Å². The van der Waals surface area contributed by atoms with Crippen molar-refractivity contribution in [3.05, 3.63) is 52.5 Å². The summed E-state index contributed by atoms with van der Waals surface area (Å²) in [6.45, 7) is 5.09. The molecule has 0 unspecified atom stereocenters. The topological polar surface area (TPSA) is 101 Å². The largest absolute Gasteiger partial charge is 0.394 e. The number of hydrogen-bond donors (Lipinski definition) is 2. The molecule has 2 heterocycles. The minimum Gasteiger partial charge on any atom is -0.394 e. The Bertz CT molecular complexity index is 950. The van der Waals surface area contributed by atoms with Crippen LogP contribution < -0.4 is 5.32 Å². The lowest BCUT2D eigenvalue weighted by atomic mass is 10.1. The number of aryl methyl sites for hydroxylation is 2. The molecule has 0 aliphatic heterocycles. The highest BCUT2D eigenvalue weighted by Gasteiger charge is 2.20. The Labute approximate surface area is 161 Å². The molecule has 1 aromatic carbocycles. The lowest BCUT2D eigenvalue weighted by Crippen LogP contribution is -2.35. The zero-order chi connectivity index (χ0) is 19.6. The molecule has 3 rings (SSSR count). The van der Waals surface area contributed by atoms with Crippen LogP contribution in [0.1, 0.15) is 28.9 Å². The maximum absolute atomic E-state index is 12.6. The summed E-state index contributed by atoms with van der Waals surface area (Å²) in [5, 5.41) is 16.4. The Balaban J connectivity index is 2.13. The molecular formula is C19H19ClN4O3. The van der Waals surface area contributed by atoms with Crippen LogP contribution in [0, 0.1) is 13.8 Å². The predicted octanol–water partition coefficient (Wildman–Crippen LogP) is 3.18. The van der Waals surface area contributed by atoms with E-state index in [0.717, 1.165) is 5.56 Å².